The molecule has 0 radical (unpaired) electrons. The first kappa shape index (κ1) is 69.3. The van der Waals surface area contributed by atoms with E-state index in [9.17, 15) is 90.7 Å². The van der Waals surface area contributed by atoms with E-state index in [0.29, 0.717) is 32.1 Å². The van der Waals surface area contributed by atoms with Gasteiger partial charge in [0.25, 0.3) is 0 Å². The van der Waals surface area contributed by atoms with Crippen molar-refractivity contribution in [2.45, 2.75) is 255 Å². The molecule has 0 aromatic rings. The molecule has 0 amide bonds. The SMILES string of the molecule is CC(=O)OC[C@@]12[C@H](O)C[C@]3(C)C(=CC[C@@H]4[C@@]5(C)CC[C@H](O[C@@H]6O[C@H](C(=O)O)[C@@H](O)[C@H](O[C@@H]7O[C@H](CO)[C@H](O)[C@H](O[C@@H]8OC[C@H](O)[C@H](O)[C@H]8O)[C@H]7O)[C@H]6O[C@@H]6O[C@H](CO)[C@H](O)[C@H](O)[C@H]6O)[C@@](C)(C=O)[C@@H]5CC[C@]43C)[C@@H]1CC(C)(C)[C@@H](OC(=O)CC(C)C)[C@@H]2O. The van der Waals surface area contributed by atoms with Crippen LogP contribution in [0.5, 0.6) is 0 Å². The van der Waals surface area contributed by atoms with Crippen molar-refractivity contribution in [2.24, 2.45) is 56.2 Å². The van der Waals surface area contributed by atoms with Gasteiger partial charge in [-0.25, -0.2) is 4.79 Å². The number of allylic oxidation sites excluding steroid dienone is 2. The van der Waals surface area contributed by atoms with E-state index in [1.54, 1.807) is 6.92 Å². The molecule has 14 N–H and O–H groups in total. The number of esters is 2. The van der Waals surface area contributed by atoms with Crippen molar-refractivity contribution in [1.29, 1.82) is 0 Å². The second kappa shape index (κ2) is 25.7. The maximum Gasteiger partial charge on any atom is 0.335 e. The summed E-state index contributed by atoms with van der Waals surface area (Å²) in [6.45, 7) is 14.2. The van der Waals surface area contributed by atoms with Crippen LogP contribution in [0.25, 0.3) is 0 Å². The lowest BCUT2D eigenvalue weighted by Crippen LogP contribution is -2.72. The van der Waals surface area contributed by atoms with E-state index >= 15 is 0 Å². The predicted octanol–water partition coefficient (Wildman–Crippen LogP) is -2.57. The number of carboxylic acids is 1. The summed E-state index contributed by atoms with van der Waals surface area (Å²) in [6.07, 6.45) is -37.1. The average Bonchev–Trinajstić information content (AvgIpc) is 0.675. The minimum Gasteiger partial charge on any atom is -0.479 e. The summed E-state index contributed by atoms with van der Waals surface area (Å²) in [5.41, 5.74) is -4.76. The first-order valence-corrected chi connectivity index (χ1v) is 30.7. The Morgan fingerprint density at radius 2 is 1.30 bits per heavy atom. The number of carbonyl (C=O) groups is 4. The third-order valence-corrected chi connectivity index (χ3v) is 22.4. The molecule has 9 rings (SSSR count). The van der Waals surface area contributed by atoms with Crippen molar-refractivity contribution in [3.63, 3.8) is 0 Å². The maximum atomic E-state index is 14.2. The van der Waals surface area contributed by atoms with Crippen molar-refractivity contribution >= 4 is 24.2 Å². The molecule has 8 fully saturated rings. The monoisotopic (exact) mass is 1260 g/mol. The molecule has 88 heavy (non-hydrogen) atoms. The summed E-state index contributed by atoms with van der Waals surface area (Å²) >= 11 is 0. The van der Waals surface area contributed by atoms with E-state index in [4.69, 9.17) is 47.4 Å². The second-order valence-corrected chi connectivity index (χ2v) is 28.5. The Kier molecular flexibility index (Phi) is 20.3. The fraction of sp³-hybridized carbons (Fsp3) is 0.900. The first-order valence-electron chi connectivity index (χ1n) is 30.7. The number of carboxylic acid groups (broad SMARTS) is 1. The summed E-state index contributed by atoms with van der Waals surface area (Å²) in [4.78, 5) is 53.3. The Morgan fingerprint density at radius 3 is 1.91 bits per heavy atom. The van der Waals surface area contributed by atoms with Gasteiger partial charge < -0.3 is 124 Å². The highest BCUT2D eigenvalue weighted by Crippen LogP contribution is 2.76. The molecule has 0 aromatic heterocycles. The van der Waals surface area contributed by atoms with E-state index in [0.717, 1.165) is 11.9 Å². The molecule has 0 spiro atoms. The molecule has 5 aliphatic carbocycles. The summed E-state index contributed by atoms with van der Waals surface area (Å²) in [7, 11) is 0. The lowest BCUT2D eigenvalue weighted by atomic mass is 9.33. The van der Waals surface area contributed by atoms with Gasteiger partial charge in [0, 0.05) is 18.8 Å². The Hall–Kier alpha value is -3.02. The molecule has 0 aromatic carbocycles. The largest absolute Gasteiger partial charge is 0.479 e. The highest BCUT2D eigenvalue weighted by atomic mass is 16.8. The number of rotatable bonds is 17. The van der Waals surface area contributed by atoms with Gasteiger partial charge in [0.05, 0.1) is 42.9 Å². The van der Waals surface area contributed by atoms with Gasteiger partial charge in [0.2, 0.25) is 0 Å². The average molecular weight is 1260 g/mol. The quantitative estimate of drug-likeness (QED) is 0.0308. The van der Waals surface area contributed by atoms with Crippen LogP contribution < -0.4 is 0 Å². The fourth-order valence-corrected chi connectivity index (χ4v) is 17.4. The van der Waals surface area contributed by atoms with Gasteiger partial charge in [-0.05, 0) is 84.9 Å². The van der Waals surface area contributed by atoms with Gasteiger partial charge in [0.1, 0.15) is 111 Å². The zero-order chi connectivity index (χ0) is 64.9. The Balaban J connectivity index is 1.04. The normalized spacial score (nSPS) is 50.9. The number of hydrogen-bond acceptors (Lipinski definition) is 27. The van der Waals surface area contributed by atoms with Crippen molar-refractivity contribution in [3.05, 3.63) is 11.6 Å². The minimum absolute atomic E-state index is 0.0285. The van der Waals surface area contributed by atoms with Crippen molar-refractivity contribution in [3.8, 4) is 0 Å². The highest BCUT2D eigenvalue weighted by Gasteiger charge is 2.74. The number of aliphatic carboxylic acids is 1. The zero-order valence-electron chi connectivity index (χ0n) is 51.2. The van der Waals surface area contributed by atoms with Crippen LogP contribution in [-0.2, 0) is 66.5 Å². The lowest BCUT2D eigenvalue weighted by molar-refractivity contribution is -0.400. The third kappa shape index (κ3) is 11.6. The van der Waals surface area contributed by atoms with Crippen LogP contribution in [0.2, 0.25) is 0 Å². The molecular formula is C60H94O28. The minimum atomic E-state index is -2.34. The van der Waals surface area contributed by atoms with E-state index < -0.39 is 223 Å². The van der Waals surface area contributed by atoms with Crippen molar-refractivity contribution < 1.29 is 138 Å². The third-order valence-electron chi connectivity index (χ3n) is 22.4. The highest BCUT2D eigenvalue weighted by molar-refractivity contribution is 5.73. The van der Waals surface area contributed by atoms with E-state index in [1.165, 1.54) is 6.92 Å². The van der Waals surface area contributed by atoms with Gasteiger partial charge in [-0.3, -0.25) is 9.59 Å². The van der Waals surface area contributed by atoms with Crippen molar-refractivity contribution in [2.75, 3.05) is 26.4 Å². The molecule has 502 valence electrons. The van der Waals surface area contributed by atoms with E-state index in [1.807, 2.05) is 27.7 Å². The van der Waals surface area contributed by atoms with Crippen molar-refractivity contribution in [1.82, 2.24) is 0 Å². The molecule has 4 saturated carbocycles. The maximum absolute atomic E-state index is 14.2. The molecule has 0 unspecified atom stereocenters. The number of fused-ring (bicyclic) bond motifs is 7. The standard InChI is InChI=1S/C60H94O28/c1-24(2)16-35(67)84-49-48(76)60(23-80-25(3)64)27(17-55(49,4)5)26-10-11-32-56(6)14-13-34(57(7,22-63)31(56)12-15-58(32,8)59(26,9)18-33(60)66)83-54-47(88-52-41(73)39(71)37(69)29(19-61)81-52)45(42(74)46(87-54)50(77)78)86-53-43(75)44(38(70)30(20-62)82-53)85-51-40(72)36(68)28(65)21-79-51/h10,22,24,27-34,36-49,51-54,61-62,65-66,68-76H,11-21,23H2,1-9H3,(H,77,78)/t27-,28-,29+,30+,31+,32+,33+,34-,36-,37-,38-,39-,40+,41+,42-,43+,44-,45-,46-,47+,48-,49-,51-,52-,53-,54+,56-,57-,58+,59+,60-/m0/s1. The van der Waals surface area contributed by atoms with Crippen LogP contribution in [0.1, 0.15) is 114 Å². The molecule has 4 aliphatic heterocycles. The topological polar surface area (TPSA) is 444 Å². The van der Waals surface area contributed by atoms with Gasteiger partial charge >= 0.3 is 17.9 Å². The molecule has 31 atom stereocenters. The van der Waals surface area contributed by atoms with Gasteiger partial charge in [-0.15, -0.1) is 0 Å². The zero-order valence-corrected chi connectivity index (χ0v) is 51.2. The first-order chi connectivity index (χ1) is 41.1. The van der Waals surface area contributed by atoms with Crippen LogP contribution in [-0.4, -0.2) is 263 Å². The molecule has 4 saturated heterocycles. The van der Waals surface area contributed by atoms with Crippen LogP contribution in [0, 0.1) is 56.2 Å². The number of carbonyl (C=O) groups excluding carboxylic acids is 3. The van der Waals surface area contributed by atoms with Crippen LogP contribution in [0.3, 0.4) is 0 Å². The van der Waals surface area contributed by atoms with E-state index in [-0.39, 0.29) is 37.7 Å². The smallest absolute Gasteiger partial charge is 0.335 e. The van der Waals surface area contributed by atoms with Crippen LogP contribution in [0.15, 0.2) is 11.6 Å². The molecule has 28 heteroatoms. The summed E-state index contributed by atoms with van der Waals surface area (Å²) in [5.74, 6) is -4.13. The molecular weight excluding hydrogens is 1170 g/mol. The van der Waals surface area contributed by atoms with Crippen LogP contribution in [0.4, 0.5) is 0 Å². The lowest BCUT2D eigenvalue weighted by Gasteiger charge is -2.72. The second-order valence-electron chi connectivity index (χ2n) is 28.5. The number of aliphatic hydroxyl groups excluding tert-OH is 13. The van der Waals surface area contributed by atoms with Gasteiger partial charge in [-0.1, -0.05) is 67.0 Å². The Morgan fingerprint density at radius 1 is 0.682 bits per heavy atom. The molecule has 28 nitrogen and oxygen atoms in total. The predicted molar refractivity (Wildman–Crippen MR) is 295 cm³/mol. The number of aldehydes is 1. The van der Waals surface area contributed by atoms with Crippen LogP contribution >= 0.6 is 0 Å². The summed E-state index contributed by atoms with van der Waals surface area (Å²) < 4.78 is 59.7. The van der Waals surface area contributed by atoms with E-state index in [2.05, 4.69) is 26.8 Å². The number of hydrogen-bond donors (Lipinski definition) is 14. The Labute approximate surface area is 509 Å². The summed E-state index contributed by atoms with van der Waals surface area (Å²) in [6, 6.07) is 0. The molecule has 4 heterocycles. The fourth-order valence-electron chi connectivity index (χ4n) is 17.4. The van der Waals surface area contributed by atoms with Gasteiger partial charge in [-0.2, -0.15) is 0 Å². The summed E-state index contributed by atoms with van der Waals surface area (Å²) in [5, 5.41) is 156. The Bertz CT molecular complexity index is 2540. The molecule has 9 aliphatic rings. The number of ether oxygens (including phenoxy) is 10. The molecule has 0 bridgehead atoms. The number of aliphatic hydroxyl groups is 13. The van der Waals surface area contributed by atoms with Gasteiger partial charge in [0.15, 0.2) is 31.3 Å².